The maximum absolute atomic E-state index is 14.8. The van der Waals surface area contributed by atoms with Crippen LogP contribution in [0, 0.1) is 5.82 Å². The van der Waals surface area contributed by atoms with Crippen LogP contribution in [0.4, 0.5) is 28.9 Å². The van der Waals surface area contributed by atoms with Crippen LogP contribution >= 0.6 is 0 Å². The highest BCUT2D eigenvalue weighted by Gasteiger charge is 2.54. The number of carbonyl (C=O) groups excluding carboxylic acids is 1. The zero-order valence-electron chi connectivity index (χ0n) is 19.0. The SMILES string of the molecule is O=C1N(c2cc(C(F)(F)F)ccc2F)CN(c2ccccc2)C12CCN(Cc1ccccc1)CC2. The second-order valence-electron chi connectivity index (χ2n) is 9.10. The van der Waals surface area contributed by atoms with Crippen molar-refractivity contribution >= 4 is 17.3 Å². The molecule has 2 fully saturated rings. The van der Waals surface area contributed by atoms with Crippen LogP contribution in [-0.2, 0) is 17.5 Å². The molecule has 4 nitrogen and oxygen atoms in total. The number of hydrogen-bond donors (Lipinski definition) is 0. The number of para-hydroxylation sites is 1. The zero-order chi connectivity index (χ0) is 24.6. The van der Waals surface area contributed by atoms with Crippen molar-refractivity contribution in [2.24, 2.45) is 0 Å². The van der Waals surface area contributed by atoms with Gasteiger partial charge in [-0.25, -0.2) is 4.39 Å². The standard InChI is InChI=1S/C27H25F4N3O/c28-23-12-11-21(27(29,30)31)17-24(23)33-19-34(22-9-5-2-6-10-22)26(25(33)35)13-15-32(16-14-26)18-20-7-3-1-4-8-20/h1-12,17H,13-16,18-19H2. The minimum absolute atomic E-state index is 0.0141. The highest BCUT2D eigenvalue weighted by atomic mass is 19.4. The predicted octanol–water partition coefficient (Wildman–Crippen LogP) is 5.69. The largest absolute Gasteiger partial charge is 0.416 e. The molecule has 5 rings (SSSR count). The molecule has 0 aromatic heterocycles. The molecule has 0 bridgehead atoms. The topological polar surface area (TPSA) is 26.8 Å². The number of alkyl halides is 3. The summed E-state index contributed by atoms with van der Waals surface area (Å²) in [5.41, 5.74) is -0.308. The third-order valence-corrected chi connectivity index (χ3v) is 7.01. The number of hydrogen-bond acceptors (Lipinski definition) is 3. The fourth-order valence-corrected chi connectivity index (χ4v) is 5.13. The maximum Gasteiger partial charge on any atom is 0.416 e. The second kappa shape index (κ2) is 9.00. The van der Waals surface area contributed by atoms with Gasteiger partial charge in [-0.2, -0.15) is 13.2 Å². The first kappa shape index (κ1) is 23.4. The number of amides is 1. The van der Waals surface area contributed by atoms with Gasteiger partial charge in [0.2, 0.25) is 0 Å². The Morgan fingerprint density at radius 3 is 2.11 bits per heavy atom. The van der Waals surface area contributed by atoms with Gasteiger partial charge in [-0.05, 0) is 48.7 Å². The van der Waals surface area contributed by atoms with E-state index in [2.05, 4.69) is 17.0 Å². The van der Waals surface area contributed by atoms with Crippen molar-refractivity contribution in [2.75, 3.05) is 29.6 Å². The van der Waals surface area contributed by atoms with Crippen molar-refractivity contribution < 1.29 is 22.4 Å². The molecule has 3 aromatic carbocycles. The number of likely N-dealkylation sites (tertiary alicyclic amines) is 1. The number of rotatable bonds is 4. The van der Waals surface area contributed by atoms with Crippen molar-refractivity contribution in [1.82, 2.24) is 4.90 Å². The van der Waals surface area contributed by atoms with Crippen LogP contribution in [0.1, 0.15) is 24.0 Å². The molecule has 2 heterocycles. The van der Waals surface area contributed by atoms with E-state index in [4.69, 9.17) is 0 Å². The molecule has 35 heavy (non-hydrogen) atoms. The minimum Gasteiger partial charge on any atom is -0.338 e. The number of halogens is 4. The van der Waals surface area contributed by atoms with Crippen molar-refractivity contribution in [3.8, 4) is 0 Å². The lowest BCUT2D eigenvalue weighted by molar-refractivity contribution is -0.137. The van der Waals surface area contributed by atoms with E-state index < -0.39 is 23.1 Å². The van der Waals surface area contributed by atoms with E-state index in [-0.39, 0.29) is 18.3 Å². The average molecular weight is 484 g/mol. The molecule has 8 heteroatoms. The molecule has 0 atom stereocenters. The lowest BCUT2D eigenvalue weighted by Crippen LogP contribution is -2.56. The number of carbonyl (C=O) groups is 1. The lowest BCUT2D eigenvalue weighted by atomic mass is 9.85. The van der Waals surface area contributed by atoms with E-state index in [0.29, 0.717) is 32.0 Å². The summed E-state index contributed by atoms with van der Waals surface area (Å²) in [5.74, 6) is -1.21. The molecule has 1 spiro atoms. The molecular weight excluding hydrogens is 458 g/mol. The van der Waals surface area contributed by atoms with E-state index in [1.54, 1.807) is 0 Å². The molecule has 0 aliphatic carbocycles. The van der Waals surface area contributed by atoms with Crippen LogP contribution in [0.2, 0.25) is 0 Å². The van der Waals surface area contributed by atoms with Gasteiger partial charge in [0.15, 0.2) is 0 Å². The lowest BCUT2D eigenvalue weighted by Gasteiger charge is -2.43. The molecule has 182 valence electrons. The van der Waals surface area contributed by atoms with E-state index in [0.717, 1.165) is 24.4 Å². The van der Waals surface area contributed by atoms with Crippen LogP contribution in [-0.4, -0.2) is 36.1 Å². The number of benzene rings is 3. The number of anilines is 2. The van der Waals surface area contributed by atoms with Crippen LogP contribution in [0.15, 0.2) is 78.9 Å². The first-order valence-corrected chi connectivity index (χ1v) is 11.6. The summed E-state index contributed by atoms with van der Waals surface area (Å²) in [6, 6.07) is 21.6. The fraction of sp³-hybridized carbons (Fsp3) is 0.296. The third kappa shape index (κ3) is 4.38. The molecule has 1 amide bonds. The van der Waals surface area contributed by atoms with Gasteiger partial charge in [-0.15, -0.1) is 0 Å². The predicted molar refractivity (Wildman–Crippen MR) is 126 cm³/mol. The van der Waals surface area contributed by atoms with E-state index in [1.165, 1.54) is 10.5 Å². The highest BCUT2D eigenvalue weighted by Crippen LogP contribution is 2.43. The van der Waals surface area contributed by atoms with Gasteiger partial charge >= 0.3 is 6.18 Å². The van der Waals surface area contributed by atoms with E-state index in [1.807, 2.05) is 53.4 Å². The van der Waals surface area contributed by atoms with Gasteiger partial charge in [0, 0.05) is 25.3 Å². The highest BCUT2D eigenvalue weighted by molar-refractivity contribution is 6.06. The van der Waals surface area contributed by atoms with Crippen molar-refractivity contribution in [3.05, 3.63) is 95.8 Å². The first-order chi connectivity index (χ1) is 16.8. The molecule has 0 saturated carbocycles. The van der Waals surface area contributed by atoms with E-state index >= 15 is 0 Å². The summed E-state index contributed by atoms with van der Waals surface area (Å²) in [6.45, 7) is 2.02. The summed E-state index contributed by atoms with van der Waals surface area (Å²) >= 11 is 0. The van der Waals surface area contributed by atoms with Crippen molar-refractivity contribution in [2.45, 2.75) is 31.1 Å². The van der Waals surface area contributed by atoms with Crippen molar-refractivity contribution in [1.29, 1.82) is 0 Å². The summed E-state index contributed by atoms with van der Waals surface area (Å²) in [4.78, 5) is 19.2. The van der Waals surface area contributed by atoms with Gasteiger partial charge in [0.1, 0.15) is 11.4 Å². The molecular formula is C27H25F4N3O. The summed E-state index contributed by atoms with van der Waals surface area (Å²) in [6.07, 6.45) is -3.65. The van der Waals surface area contributed by atoms with Gasteiger partial charge in [-0.3, -0.25) is 14.6 Å². The molecule has 2 saturated heterocycles. The number of nitrogens with zero attached hydrogens (tertiary/aromatic N) is 3. The maximum atomic E-state index is 14.8. The normalized spacial score (nSPS) is 18.5. The summed E-state index contributed by atoms with van der Waals surface area (Å²) in [7, 11) is 0. The Balaban J connectivity index is 1.47. The zero-order valence-corrected chi connectivity index (χ0v) is 19.0. The molecule has 0 radical (unpaired) electrons. The molecule has 0 unspecified atom stereocenters. The Hall–Kier alpha value is -3.39. The summed E-state index contributed by atoms with van der Waals surface area (Å²) < 4.78 is 54.8. The average Bonchev–Trinajstić information content (AvgIpc) is 3.13. The molecule has 0 N–H and O–H groups in total. The van der Waals surface area contributed by atoms with Gasteiger partial charge in [0.05, 0.1) is 17.9 Å². The van der Waals surface area contributed by atoms with Crippen LogP contribution in [0.25, 0.3) is 0 Å². The monoisotopic (exact) mass is 483 g/mol. The first-order valence-electron chi connectivity index (χ1n) is 11.6. The molecule has 2 aliphatic heterocycles. The Morgan fingerprint density at radius 2 is 1.49 bits per heavy atom. The van der Waals surface area contributed by atoms with Crippen molar-refractivity contribution in [3.63, 3.8) is 0 Å². The molecule has 2 aliphatic rings. The second-order valence-corrected chi connectivity index (χ2v) is 9.10. The van der Waals surface area contributed by atoms with Gasteiger partial charge in [-0.1, -0.05) is 48.5 Å². The van der Waals surface area contributed by atoms with E-state index in [9.17, 15) is 22.4 Å². The molecule has 3 aromatic rings. The van der Waals surface area contributed by atoms with Gasteiger partial charge in [0.25, 0.3) is 5.91 Å². The van der Waals surface area contributed by atoms with Crippen LogP contribution < -0.4 is 9.80 Å². The Bertz CT molecular complexity index is 1190. The fourth-order valence-electron chi connectivity index (χ4n) is 5.13. The summed E-state index contributed by atoms with van der Waals surface area (Å²) in [5, 5.41) is 0. The number of piperidine rings is 1. The Morgan fingerprint density at radius 1 is 0.857 bits per heavy atom. The van der Waals surface area contributed by atoms with Crippen LogP contribution in [0.5, 0.6) is 0 Å². The Kier molecular flexibility index (Phi) is 6.01. The Labute approximate surface area is 201 Å². The smallest absolute Gasteiger partial charge is 0.338 e. The third-order valence-electron chi connectivity index (χ3n) is 7.01. The minimum atomic E-state index is -4.63. The quantitative estimate of drug-likeness (QED) is 0.446. The van der Waals surface area contributed by atoms with Crippen LogP contribution in [0.3, 0.4) is 0 Å². The van der Waals surface area contributed by atoms with Gasteiger partial charge < -0.3 is 4.90 Å².